The van der Waals surface area contributed by atoms with Gasteiger partial charge in [0.05, 0.1) is 6.33 Å². The van der Waals surface area contributed by atoms with Crippen molar-refractivity contribution in [3.05, 3.63) is 6.33 Å². The quantitative estimate of drug-likeness (QED) is 0.630. The Bertz CT molecular complexity index is 1030. The standard InChI is InChI=1S/C21H29N7O2/c1-3-15(14-5-4-6-14)23-18-16-17(24-19(25-18)20-26-21(29)30-27-20)22-11-28(16)10-13-8-7-12(2)9-13/h11-15H,3-10H2,1-2H3,(H,23,24,25)(H,26,27,29)/p-1. The molecule has 0 spiro atoms. The van der Waals surface area contributed by atoms with Gasteiger partial charge in [-0.05, 0) is 49.9 Å². The second kappa shape index (κ2) is 7.85. The van der Waals surface area contributed by atoms with Crippen molar-refractivity contribution in [2.45, 2.75) is 71.4 Å². The first-order chi connectivity index (χ1) is 14.6. The van der Waals surface area contributed by atoms with Crippen molar-refractivity contribution in [3.8, 4) is 17.7 Å². The van der Waals surface area contributed by atoms with Gasteiger partial charge in [-0.2, -0.15) is 5.16 Å². The third-order valence-electron chi connectivity index (χ3n) is 6.82. The SMILES string of the molecule is CCC(Nc1nc(-c2noc([O-])n2)nc2ncn(CC3CCC(C)C3)c12)C1CCC1. The van der Waals surface area contributed by atoms with Crippen LogP contribution in [0, 0.1) is 17.8 Å². The third kappa shape index (κ3) is 3.61. The smallest absolute Gasteiger partial charge is 0.212 e. The van der Waals surface area contributed by atoms with Crippen LogP contribution in [0.15, 0.2) is 10.9 Å². The Hall–Kier alpha value is -2.71. The molecule has 0 bridgehead atoms. The maximum Gasteiger partial charge on any atom is 0.212 e. The first kappa shape index (κ1) is 19.3. The van der Waals surface area contributed by atoms with Crippen LogP contribution in [0.2, 0.25) is 0 Å². The van der Waals surface area contributed by atoms with E-state index in [1.807, 2.05) is 6.33 Å². The van der Waals surface area contributed by atoms with Gasteiger partial charge in [0.1, 0.15) is 5.52 Å². The lowest BCUT2D eigenvalue weighted by Crippen LogP contribution is -2.33. The van der Waals surface area contributed by atoms with Crippen LogP contribution in [0.1, 0.15) is 58.8 Å². The Morgan fingerprint density at radius 3 is 2.70 bits per heavy atom. The van der Waals surface area contributed by atoms with Crippen LogP contribution in [0.3, 0.4) is 0 Å². The zero-order valence-electron chi connectivity index (χ0n) is 17.5. The maximum absolute atomic E-state index is 11.4. The summed E-state index contributed by atoms with van der Waals surface area (Å²) in [4.78, 5) is 17.6. The van der Waals surface area contributed by atoms with Gasteiger partial charge < -0.3 is 19.5 Å². The summed E-state index contributed by atoms with van der Waals surface area (Å²) in [5, 5.41) is 18.7. The van der Waals surface area contributed by atoms with Gasteiger partial charge in [0.25, 0.3) is 0 Å². The molecule has 3 atom stereocenters. The predicted octanol–water partition coefficient (Wildman–Crippen LogP) is 3.38. The summed E-state index contributed by atoms with van der Waals surface area (Å²) >= 11 is 0. The molecule has 2 saturated carbocycles. The number of nitrogens with zero attached hydrogens (tertiary/aromatic N) is 6. The molecule has 0 amide bonds. The van der Waals surface area contributed by atoms with Crippen LogP contribution in [0.5, 0.6) is 6.08 Å². The minimum absolute atomic E-state index is 0.0980. The summed E-state index contributed by atoms with van der Waals surface area (Å²) in [5.41, 5.74) is 1.51. The van der Waals surface area contributed by atoms with Crippen molar-refractivity contribution in [2.24, 2.45) is 17.8 Å². The highest BCUT2D eigenvalue weighted by molar-refractivity contribution is 5.85. The molecule has 30 heavy (non-hydrogen) atoms. The molecule has 0 aliphatic heterocycles. The molecule has 0 aromatic carbocycles. The lowest BCUT2D eigenvalue weighted by atomic mass is 9.79. The van der Waals surface area contributed by atoms with E-state index in [1.165, 1.54) is 38.5 Å². The van der Waals surface area contributed by atoms with E-state index in [2.05, 4.69) is 48.4 Å². The van der Waals surface area contributed by atoms with Crippen molar-refractivity contribution in [2.75, 3.05) is 5.32 Å². The Morgan fingerprint density at radius 2 is 2.07 bits per heavy atom. The average Bonchev–Trinajstić information content (AvgIpc) is 3.40. The van der Waals surface area contributed by atoms with Crippen LogP contribution in [0.25, 0.3) is 22.8 Å². The normalized spacial score (nSPS) is 23.0. The van der Waals surface area contributed by atoms with Crippen molar-refractivity contribution in [1.82, 2.24) is 29.7 Å². The van der Waals surface area contributed by atoms with Crippen molar-refractivity contribution in [1.29, 1.82) is 0 Å². The molecule has 1 N–H and O–H groups in total. The molecule has 2 fully saturated rings. The summed E-state index contributed by atoms with van der Waals surface area (Å²) in [5.74, 6) is 3.20. The molecule has 3 unspecified atom stereocenters. The lowest BCUT2D eigenvalue weighted by molar-refractivity contribution is -0.303. The van der Waals surface area contributed by atoms with E-state index in [4.69, 9.17) is 4.98 Å². The van der Waals surface area contributed by atoms with E-state index in [0.29, 0.717) is 23.5 Å². The number of hydrogen-bond acceptors (Lipinski definition) is 8. The number of imidazole rings is 1. The van der Waals surface area contributed by atoms with Crippen LogP contribution in [-0.4, -0.2) is 35.7 Å². The highest BCUT2D eigenvalue weighted by Gasteiger charge is 2.28. The zero-order chi connectivity index (χ0) is 20.7. The first-order valence-electron chi connectivity index (χ1n) is 11.1. The number of nitrogens with one attached hydrogen (secondary N) is 1. The fourth-order valence-electron chi connectivity index (χ4n) is 4.96. The van der Waals surface area contributed by atoms with E-state index < -0.39 is 6.08 Å². The second-order valence-electron chi connectivity index (χ2n) is 8.98. The van der Waals surface area contributed by atoms with Crippen LogP contribution < -0.4 is 10.4 Å². The van der Waals surface area contributed by atoms with Gasteiger partial charge in [0, 0.05) is 12.6 Å². The number of anilines is 1. The van der Waals surface area contributed by atoms with E-state index in [1.54, 1.807) is 0 Å². The molecule has 9 heteroatoms. The molecule has 9 nitrogen and oxygen atoms in total. The van der Waals surface area contributed by atoms with Gasteiger partial charge in [-0.15, -0.1) is 0 Å². The Kier molecular flexibility index (Phi) is 5.04. The lowest BCUT2D eigenvalue weighted by Gasteiger charge is -2.34. The zero-order valence-corrected chi connectivity index (χ0v) is 17.5. The molecule has 0 saturated heterocycles. The summed E-state index contributed by atoms with van der Waals surface area (Å²) in [6, 6.07) is 0.347. The fourth-order valence-corrected chi connectivity index (χ4v) is 4.96. The molecular weight excluding hydrogens is 382 g/mol. The Balaban J connectivity index is 1.54. The highest BCUT2D eigenvalue weighted by atomic mass is 16.6. The largest absolute Gasteiger partial charge is 0.528 e. The summed E-state index contributed by atoms with van der Waals surface area (Å²) < 4.78 is 6.79. The highest BCUT2D eigenvalue weighted by Crippen LogP contribution is 2.35. The van der Waals surface area contributed by atoms with Gasteiger partial charge in [0.2, 0.25) is 11.6 Å². The van der Waals surface area contributed by atoms with E-state index in [0.717, 1.165) is 30.2 Å². The topological polar surface area (TPSA) is 118 Å². The maximum atomic E-state index is 11.4. The van der Waals surface area contributed by atoms with E-state index in [9.17, 15) is 5.11 Å². The predicted molar refractivity (Wildman–Crippen MR) is 110 cm³/mol. The molecule has 2 aliphatic carbocycles. The summed E-state index contributed by atoms with van der Waals surface area (Å²) in [7, 11) is 0. The molecule has 5 rings (SSSR count). The van der Waals surface area contributed by atoms with Crippen molar-refractivity contribution in [3.63, 3.8) is 0 Å². The molecule has 3 aromatic heterocycles. The number of aromatic nitrogens is 6. The summed E-state index contributed by atoms with van der Waals surface area (Å²) in [6.45, 7) is 5.45. The van der Waals surface area contributed by atoms with Gasteiger partial charge in [0.15, 0.2) is 17.5 Å². The monoisotopic (exact) mass is 410 g/mol. The molecule has 160 valence electrons. The summed E-state index contributed by atoms with van der Waals surface area (Å²) in [6.07, 6.45) is 9.70. The number of fused-ring (bicyclic) bond motifs is 1. The van der Waals surface area contributed by atoms with Gasteiger partial charge in [-0.1, -0.05) is 26.7 Å². The van der Waals surface area contributed by atoms with E-state index in [-0.39, 0.29) is 11.6 Å². The minimum Gasteiger partial charge on any atom is -0.528 e. The van der Waals surface area contributed by atoms with Gasteiger partial charge >= 0.3 is 0 Å². The van der Waals surface area contributed by atoms with Crippen LogP contribution in [0.4, 0.5) is 5.82 Å². The fraction of sp³-hybridized carbons (Fsp3) is 0.667. The molecule has 2 aliphatic rings. The number of rotatable bonds is 7. The average molecular weight is 411 g/mol. The number of hydrogen-bond donors (Lipinski definition) is 1. The van der Waals surface area contributed by atoms with Crippen molar-refractivity contribution >= 4 is 17.0 Å². The van der Waals surface area contributed by atoms with Crippen molar-refractivity contribution < 1.29 is 9.63 Å². The van der Waals surface area contributed by atoms with Crippen LogP contribution >= 0.6 is 0 Å². The molecule has 0 radical (unpaired) electrons. The first-order valence-corrected chi connectivity index (χ1v) is 11.1. The Labute approximate surface area is 175 Å². The van der Waals surface area contributed by atoms with Gasteiger partial charge in [-0.3, -0.25) is 0 Å². The van der Waals surface area contributed by atoms with Gasteiger partial charge in [-0.25, -0.2) is 19.9 Å². The minimum atomic E-state index is -0.745. The third-order valence-corrected chi connectivity index (χ3v) is 6.82. The molecule has 3 aromatic rings. The van der Waals surface area contributed by atoms with E-state index >= 15 is 0 Å². The molecular formula is C21H28N7O2-. The molecule has 3 heterocycles. The second-order valence-corrected chi connectivity index (χ2v) is 8.98. The van der Waals surface area contributed by atoms with Crippen LogP contribution in [-0.2, 0) is 6.54 Å². The Morgan fingerprint density at radius 1 is 1.20 bits per heavy atom.